The summed E-state index contributed by atoms with van der Waals surface area (Å²) in [5.74, 6) is -2.12. The summed E-state index contributed by atoms with van der Waals surface area (Å²) < 4.78 is 65.1. The predicted molar refractivity (Wildman–Crippen MR) is 60.6 cm³/mol. The van der Waals surface area contributed by atoms with E-state index in [1.165, 1.54) is 0 Å². The lowest BCUT2D eigenvalue weighted by Gasteiger charge is -2.13. The van der Waals surface area contributed by atoms with Crippen LogP contribution in [0.4, 0.5) is 27.6 Å². The molecule has 0 atom stereocenters. The molecular formula is C10H5BrF5N3. The number of alkyl halides is 3. The lowest BCUT2D eigenvalue weighted by molar-refractivity contribution is -0.142. The number of hydrogen-bond acceptors (Lipinski definition) is 2. The molecule has 0 radical (unpaired) electrons. The number of nitrogens with zero attached hydrogens (tertiary/aromatic N) is 2. The number of rotatable bonds is 1. The molecule has 0 aliphatic rings. The van der Waals surface area contributed by atoms with Crippen molar-refractivity contribution in [3.63, 3.8) is 0 Å². The van der Waals surface area contributed by atoms with Crippen LogP contribution in [-0.2, 0) is 6.18 Å². The molecule has 0 amide bonds. The number of anilines is 1. The van der Waals surface area contributed by atoms with E-state index in [9.17, 15) is 22.0 Å². The van der Waals surface area contributed by atoms with Crippen LogP contribution in [0.5, 0.6) is 0 Å². The van der Waals surface area contributed by atoms with Crippen molar-refractivity contribution in [2.24, 2.45) is 0 Å². The number of halogens is 6. The van der Waals surface area contributed by atoms with Crippen LogP contribution >= 0.6 is 15.9 Å². The zero-order valence-corrected chi connectivity index (χ0v) is 10.6. The van der Waals surface area contributed by atoms with Crippen LogP contribution in [0, 0.1) is 11.6 Å². The number of nitrogens with two attached hydrogens (primary N) is 1. The van der Waals surface area contributed by atoms with E-state index in [1.807, 2.05) is 0 Å². The first-order chi connectivity index (χ1) is 8.71. The summed E-state index contributed by atoms with van der Waals surface area (Å²) in [7, 11) is 0. The largest absolute Gasteiger partial charge is 0.435 e. The van der Waals surface area contributed by atoms with Gasteiger partial charge in [-0.25, -0.2) is 13.5 Å². The van der Waals surface area contributed by atoms with Crippen molar-refractivity contribution < 1.29 is 22.0 Å². The van der Waals surface area contributed by atoms with Crippen molar-refractivity contribution in [1.82, 2.24) is 9.78 Å². The molecule has 0 fully saturated rings. The second-order valence-corrected chi connectivity index (χ2v) is 4.43. The first-order valence-electron chi connectivity index (χ1n) is 4.77. The summed E-state index contributed by atoms with van der Waals surface area (Å²) in [5, 5.41) is 3.38. The molecule has 0 saturated heterocycles. The van der Waals surface area contributed by atoms with Gasteiger partial charge in [-0.1, -0.05) is 0 Å². The lowest BCUT2D eigenvalue weighted by Crippen LogP contribution is -2.16. The monoisotopic (exact) mass is 341 g/mol. The summed E-state index contributed by atoms with van der Waals surface area (Å²) in [4.78, 5) is 0. The van der Waals surface area contributed by atoms with Crippen LogP contribution < -0.4 is 5.73 Å². The fourth-order valence-electron chi connectivity index (χ4n) is 1.55. The summed E-state index contributed by atoms with van der Waals surface area (Å²) in [5.41, 5.74) is 2.64. The molecule has 2 aromatic rings. The minimum absolute atomic E-state index is 0.210. The third kappa shape index (κ3) is 2.42. The molecule has 0 spiro atoms. The number of nitrogen functional groups attached to an aromatic ring is 1. The van der Waals surface area contributed by atoms with Crippen molar-refractivity contribution in [1.29, 1.82) is 0 Å². The average molecular weight is 342 g/mol. The van der Waals surface area contributed by atoms with E-state index in [0.717, 1.165) is 12.3 Å². The maximum atomic E-state index is 13.6. The Kier molecular flexibility index (Phi) is 3.25. The van der Waals surface area contributed by atoms with Crippen molar-refractivity contribution in [2.75, 3.05) is 5.73 Å². The lowest BCUT2D eigenvalue weighted by atomic mass is 10.2. The Balaban J connectivity index is 2.74. The highest BCUT2D eigenvalue weighted by molar-refractivity contribution is 9.10. The Morgan fingerprint density at radius 1 is 1.21 bits per heavy atom. The van der Waals surface area contributed by atoms with Gasteiger partial charge in [-0.15, -0.1) is 0 Å². The molecule has 19 heavy (non-hydrogen) atoms. The zero-order chi connectivity index (χ0) is 14.4. The van der Waals surface area contributed by atoms with Crippen LogP contribution in [0.15, 0.2) is 22.8 Å². The van der Waals surface area contributed by atoms with Crippen molar-refractivity contribution in [3.8, 4) is 5.69 Å². The van der Waals surface area contributed by atoms with Gasteiger partial charge in [0.1, 0.15) is 11.5 Å². The van der Waals surface area contributed by atoms with E-state index in [-0.39, 0.29) is 9.15 Å². The van der Waals surface area contributed by atoms with E-state index in [2.05, 4.69) is 21.0 Å². The normalized spacial score (nSPS) is 11.9. The van der Waals surface area contributed by atoms with Gasteiger partial charge in [0.25, 0.3) is 0 Å². The highest BCUT2D eigenvalue weighted by Crippen LogP contribution is 2.37. The molecule has 1 heterocycles. The minimum atomic E-state index is -4.82. The molecule has 0 bridgehead atoms. The van der Waals surface area contributed by atoms with Crippen LogP contribution in [0.3, 0.4) is 0 Å². The number of hydrogen-bond donors (Lipinski definition) is 1. The third-order valence-electron chi connectivity index (χ3n) is 2.26. The summed E-state index contributed by atoms with van der Waals surface area (Å²) in [6.07, 6.45) is -4.07. The van der Waals surface area contributed by atoms with Crippen molar-refractivity contribution in [2.45, 2.75) is 6.18 Å². The van der Waals surface area contributed by atoms with Crippen LogP contribution in [-0.4, -0.2) is 9.78 Å². The molecule has 1 aromatic heterocycles. The maximum absolute atomic E-state index is 13.6. The molecule has 2 rings (SSSR count). The molecule has 9 heteroatoms. The zero-order valence-electron chi connectivity index (χ0n) is 8.97. The summed E-state index contributed by atoms with van der Waals surface area (Å²) in [6.45, 7) is 0. The van der Waals surface area contributed by atoms with Gasteiger partial charge in [-0.2, -0.15) is 18.3 Å². The van der Waals surface area contributed by atoms with Gasteiger partial charge in [0.2, 0.25) is 0 Å². The SMILES string of the molecule is Nc1cnn(-c2c(F)cc(F)cc2Br)c1C(F)(F)F. The Hall–Kier alpha value is -1.64. The van der Waals surface area contributed by atoms with Crippen LogP contribution in [0.2, 0.25) is 0 Å². The van der Waals surface area contributed by atoms with E-state index < -0.39 is 34.9 Å². The summed E-state index contributed by atoms with van der Waals surface area (Å²) in [6, 6.07) is 1.29. The Bertz CT molecular complexity index is 612. The van der Waals surface area contributed by atoms with Crippen molar-refractivity contribution >= 4 is 21.6 Å². The predicted octanol–water partition coefficient (Wildman–Crippen LogP) is 3.51. The Morgan fingerprint density at radius 3 is 2.37 bits per heavy atom. The molecule has 0 aliphatic carbocycles. The van der Waals surface area contributed by atoms with E-state index >= 15 is 0 Å². The minimum Gasteiger partial charge on any atom is -0.396 e. The number of aromatic nitrogens is 2. The molecule has 1 aromatic carbocycles. The quantitative estimate of drug-likeness (QED) is 0.806. The van der Waals surface area contributed by atoms with Gasteiger partial charge in [-0.3, -0.25) is 0 Å². The third-order valence-corrected chi connectivity index (χ3v) is 2.86. The highest BCUT2D eigenvalue weighted by atomic mass is 79.9. The van der Waals surface area contributed by atoms with Crippen LogP contribution in [0.25, 0.3) is 5.69 Å². The van der Waals surface area contributed by atoms with Gasteiger partial charge >= 0.3 is 6.18 Å². The second kappa shape index (κ2) is 4.48. The van der Waals surface area contributed by atoms with Crippen molar-refractivity contribution in [3.05, 3.63) is 40.1 Å². The van der Waals surface area contributed by atoms with Crippen LogP contribution in [0.1, 0.15) is 5.69 Å². The first-order valence-corrected chi connectivity index (χ1v) is 5.56. The maximum Gasteiger partial charge on any atom is 0.435 e. The van der Waals surface area contributed by atoms with Gasteiger partial charge in [0.15, 0.2) is 11.5 Å². The van der Waals surface area contributed by atoms with Gasteiger partial charge in [-0.05, 0) is 22.0 Å². The van der Waals surface area contributed by atoms with E-state index in [1.54, 1.807) is 0 Å². The topological polar surface area (TPSA) is 43.8 Å². The standard InChI is InChI=1S/C10H5BrF5N3/c11-5-1-4(12)2-6(13)8(5)19-9(10(14,15)16)7(17)3-18-19/h1-3H,17H2. The molecule has 0 saturated carbocycles. The fraction of sp³-hybridized carbons (Fsp3) is 0.100. The van der Waals surface area contributed by atoms with Gasteiger partial charge < -0.3 is 5.73 Å². The molecule has 2 N–H and O–H groups in total. The smallest absolute Gasteiger partial charge is 0.396 e. The Labute approximate surface area is 111 Å². The van der Waals surface area contributed by atoms with E-state index in [4.69, 9.17) is 5.73 Å². The second-order valence-electron chi connectivity index (χ2n) is 3.58. The molecular weight excluding hydrogens is 337 g/mol. The van der Waals surface area contributed by atoms with Gasteiger partial charge in [0.05, 0.1) is 11.9 Å². The van der Waals surface area contributed by atoms with Gasteiger partial charge in [0, 0.05) is 10.5 Å². The first kappa shape index (κ1) is 13.8. The average Bonchev–Trinajstić information content (AvgIpc) is 2.57. The summed E-state index contributed by atoms with van der Waals surface area (Å²) >= 11 is 2.80. The molecule has 0 aliphatic heterocycles. The molecule has 3 nitrogen and oxygen atoms in total. The molecule has 0 unspecified atom stereocenters. The molecule has 102 valence electrons. The fourth-order valence-corrected chi connectivity index (χ4v) is 2.13. The Morgan fingerprint density at radius 2 is 1.84 bits per heavy atom. The van der Waals surface area contributed by atoms with E-state index in [0.29, 0.717) is 6.07 Å². The highest BCUT2D eigenvalue weighted by Gasteiger charge is 2.39. The number of benzene rings is 1.